The number of halogens is 7. The highest BCUT2D eigenvalue weighted by Crippen LogP contribution is 2.39. The first-order valence-corrected chi connectivity index (χ1v) is 16.2. The number of benzene rings is 2. The molecule has 3 heterocycles. The lowest BCUT2D eigenvalue weighted by molar-refractivity contribution is -0.139. The molecule has 0 radical (unpaired) electrons. The fraction of sp³-hybridized carbons (Fsp3) is 0.303. The molecule has 0 unspecified atom stereocenters. The molecule has 0 spiro atoms. The number of nitrogens with zero attached hydrogens (tertiary/aromatic N) is 3. The Bertz CT molecular complexity index is 1640. The second-order valence-electron chi connectivity index (χ2n) is 10.8. The van der Waals surface area contributed by atoms with Gasteiger partial charge >= 0.3 is 12.4 Å². The molecule has 0 atom stereocenters. The zero-order valence-electron chi connectivity index (χ0n) is 25.2. The summed E-state index contributed by atoms with van der Waals surface area (Å²) in [7, 11) is 0. The van der Waals surface area contributed by atoms with Crippen LogP contribution in [-0.4, -0.2) is 20.6 Å². The standard InChI is InChI=1S/C19H19F3N2O2S.C14H11BrF3NO/c1-18(2)10-16(24-26-18)27-12-14-15(19(20,21)22)8-9-23-17(14)25-11-13-6-4-3-5-7-13;15-8-11-12(14(16,17)18)6-7-19-13(11)20-9-10-4-2-1-3-5-10/h3-9H,10-12H2,1-2H3;1-7H,8-9H2. The molecular formula is C33H30BrF6N3O3S. The first-order chi connectivity index (χ1) is 22.3. The van der Waals surface area contributed by atoms with Crippen LogP contribution < -0.4 is 9.47 Å². The van der Waals surface area contributed by atoms with Gasteiger partial charge in [0.2, 0.25) is 11.8 Å². The summed E-state index contributed by atoms with van der Waals surface area (Å²) in [6, 6.07) is 20.4. The molecule has 0 fully saturated rings. The Morgan fingerprint density at radius 3 is 1.64 bits per heavy atom. The minimum atomic E-state index is -4.49. The molecule has 6 nitrogen and oxygen atoms in total. The molecular weight excluding hydrogens is 712 g/mol. The van der Waals surface area contributed by atoms with Gasteiger partial charge in [-0.05, 0) is 37.1 Å². The summed E-state index contributed by atoms with van der Waals surface area (Å²) in [5.41, 5.74) is -0.164. The van der Waals surface area contributed by atoms with E-state index in [2.05, 4.69) is 31.1 Å². The van der Waals surface area contributed by atoms with Gasteiger partial charge in [-0.15, -0.1) is 11.8 Å². The van der Waals surface area contributed by atoms with E-state index >= 15 is 0 Å². The van der Waals surface area contributed by atoms with Crippen LogP contribution in [0, 0.1) is 0 Å². The van der Waals surface area contributed by atoms with E-state index in [-0.39, 0.29) is 47.2 Å². The van der Waals surface area contributed by atoms with Gasteiger partial charge in [-0.3, -0.25) is 0 Å². The van der Waals surface area contributed by atoms with Crippen molar-refractivity contribution in [2.45, 2.75) is 62.5 Å². The lowest BCUT2D eigenvalue weighted by atomic mass is 10.1. The fourth-order valence-corrected chi connectivity index (χ4v) is 5.95. The van der Waals surface area contributed by atoms with E-state index in [1.54, 1.807) is 0 Å². The third-order valence-corrected chi connectivity index (χ3v) is 8.11. The van der Waals surface area contributed by atoms with Crippen LogP contribution in [0.4, 0.5) is 26.3 Å². The summed E-state index contributed by atoms with van der Waals surface area (Å²) in [6.45, 7) is 4.08. The topological polar surface area (TPSA) is 65.8 Å². The molecule has 0 aliphatic carbocycles. The van der Waals surface area contributed by atoms with E-state index < -0.39 is 29.1 Å². The van der Waals surface area contributed by atoms with Crippen molar-refractivity contribution >= 4 is 32.7 Å². The van der Waals surface area contributed by atoms with E-state index in [1.807, 2.05) is 74.5 Å². The van der Waals surface area contributed by atoms with Gasteiger partial charge in [0.15, 0.2) is 0 Å². The Balaban J connectivity index is 0.000000223. The molecule has 4 aromatic rings. The average Bonchev–Trinajstić information content (AvgIpc) is 3.40. The van der Waals surface area contributed by atoms with Gasteiger partial charge < -0.3 is 14.3 Å². The highest BCUT2D eigenvalue weighted by Gasteiger charge is 2.37. The number of hydrogen-bond donors (Lipinski definition) is 0. The van der Waals surface area contributed by atoms with Crippen LogP contribution in [0.25, 0.3) is 0 Å². The summed E-state index contributed by atoms with van der Waals surface area (Å²) in [5.74, 6) is 0.0333. The minimum absolute atomic E-state index is 0.000512. The molecule has 0 amide bonds. The van der Waals surface area contributed by atoms with E-state index in [1.165, 1.54) is 11.8 Å². The Morgan fingerprint density at radius 1 is 0.745 bits per heavy atom. The summed E-state index contributed by atoms with van der Waals surface area (Å²) in [5, 5.41) is 4.64. The number of thioether (sulfide) groups is 1. The van der Waals surface area contributed by atoms with Gasteiger partial charge in [0.1, 0.15) is 23.9 Å². The van der Waals surface area contributed by atoms with Crippen molar-refractivity contribution in [2.24, 2.45) is 5.16 Å². The van der Waals surface area contributed by atoms with Crippen molar-refractivity contribution in [3.8, 4) is 11.8 Å². The number of rotatable bonds is 9. The predicted octanol–water partition coefficient (Wildman–Crippen LogP) is 10.00. The van der Waals surface area contributed by atoms with Crippen molar-refractivity contribution in [3.63, 3.8) is 0 Å². The molecule has 0 saturated carbocycles. The number of aromatic nitrogens is 2. The first kappa shape index (κ1) is 36.1. The van der Waals surface area contributed by atoms with Crippen molar-refractivity contribution in [2.75, 3.05) is 0 Å². The number of ether oxygens (including phenoxy) is 2. The van der Waals surface area contributed by atoms with Gasteiger partial charge in [-0.2, -0.15) is 26.3 Å². The monoisotopic (exact) mass is 741 g/mol. The fourth-order valence-electron chi connectivity index (χ4n) is 4.28. The van der Waals surface area contributed by atoms with Crippen molar-refractivity contribution in [1.29, 1.82) is 0 Å². The van der Waals surface area contributed by atoms with E-state index in [0.29, 0.717) is 11.5 Å². The Labute approximate surface area is 280 Å². The molecule has 250 valence electrons. The van der Waals surface area contributed by atoms with Crippen molar-refractivity contribution in [1.82, 2.24) is 9.97 Å². The smallest absolute Gasteiger partial charge is 0.416 e. The van der Waals surface area contributed by atoms with Gasteiger partial charge in [-0.25, -0.2) is 9.97 Å². The number of oxime groups is 1. The third kappa shape index (κ3) is 10.6. The highest BCUT2D eigenvalue weighted by atomic mass is 79.9. The van der Waals surface area contributed by atoms with E-state index in [0.717, 1.165) is 35.7 Å². The molecule has 2 aromatic heterocycles. The predicted molar refractivity (Wildman–Crippen MR) is 171 cm³/mol. The maximum Gasteiger partial charge on any atom is 0.416 e. The second kappa shape index (κ2) is 15.9. The quantitative estimate of drug-likeness (QED) is 0.126. The number of hydrogen-bond acceptors (Lipinski definition) is 7. The number of alkyl halides is 7. The Morgan fingerprint density at radius 2 is 1.21 bits per heavy atom. The zero-order chi connectivity index (χ0) is 34.1. The molecule has 0 saturated heterocycles. The summed E-state index contributed by atoms with van der Waals surface area (Å²) in [6.07, 6.45) is -6.13. The molecule has 1 aliphatic rings. The van der Waals surface area contributed by atoms with Gasteiger partial charge in [-0.1, -0.05) is 81.7 Å². The molecule has 14 heteroatoms. The van der Waals surface area contributed by atoms with E-state index in [9.17, 15) is 26.3 Å². The molecule has 0 bridgehead atoms. The number of pyridine rings is 2. The van der Waals surface area contributed by atoms with Crippen molar-refractivity contribution < 1.29 is 40.7 Å². The molecule has 47 heavy (non-hydrogen) atoms. The Hall–Kier alpha value is -3.78. The van der Waals surface area contributed by atoms with E-state index in [4.69, 9.17) is 14.3 Å². The Kier molecular flexibility index (Phi) is 12.2. The van der Waals surface area contributed by atoms with Crippen LogP contribution in [0.2, 0.25) is 0 Å². The van der Waals surface area contributed by atoms with Crippen LogP contribution in [-0.2, 0) is 41.5 Å². The maximum absolute atomic E-state index is 13.5. The minimum Gasteiger partial charge on any atom is -0.473 e. The third-order valence-electron chi connectivity index (χ3n) is 6.57. The highest BCUT2D eigenvalue weighted by molar-refractivity contribution is 9.08. The average molecular weight is 743 g/mol. The van der Waals surface area contributed by atoms with Crippen LogP contribution in [0.5, 0.6) is 11.8 Å². The molecule has 1 aliphatic heterocycles. The zero-order valence-corrected chi connectivity index (χ0v) is 27.6. The summed E-state index contributed by atoms with van der Waals surface area (Å²) >= 11 is 4.27. The summed E-state index contributed by atoms with van der Waals surface area (Å²) < 4.78 is 90.1. The van der Waals surface area contributed by atoms with Gasteiger partial charge in [0, 0.05) is 41.0 Å². The molecule has 0 N–H and O–H groups in total. The lowest BCUT2D eigenvalue weighted by Crippen LogP contribution is -2.18. The lowest BCUT2D eigenvalue weighted by Gasteiger charge is -2.16. The maximum atomic E-state index is 13.5. The van der Waals surface area contributed by atoms with Gasteiger partial charge in [0.05, 0.1) is 11.1 Å². The second-order valence-corrected chi connectivity index (χ2v) is 12.4. The first-order valence-electron chi connectivity index (χ1n) is 14.1. The van der Waals surface area contributed by atoms with Crippen LogP contribution >= 0.6 is 27.7 Å². The molecule has 5 rings (SSSR count). The van der Waals surface area contributed by atoms with Crippen LogP contribution in [0.3, 0.4) is 0 Å². The van der Waals surface area contributed by atoms with Crippen LogP contribution in [0.15, 0.2) is 90.3 Å². The largest absolute Gasteiger partial charge is 0.473 e. The summed E-state index contributed by atoms with van der Waals surface area (Å²) in [4.78, 5) is 13.2. The SMILES string of the molecule is CC1(C)CC(SCc2c(C(F)(F)F)ccnc2OCc2ccccc2)=NO1.FC(F)(F)c1ccnc(OCc2ccccc2)c1CBr. The normalized spacial score (nSPS) is 14.0. The molecule has 2 aromatic carbocycles. The van der Waals surface area contributed by atoms with Gasteiger partial charge in [0.25, 0.3) is 0 Å². The van der Waals surface area contributed by atoms with Crippen molar-refractivity contribution in [3.05, 3.63) is 119 Å². The van der Waals surface area contributed by atoms with Crippen LogP contribution in [0.1, 0.15) is 53.6 Å².